The highest BCUT2D eigenvalue weighted by Crippen LogP contribution is 2.27. The van der Waals surface area contributed by atoms with E-state index < -0.39 is 0 Å². The van der Waals surface area contributed by atoms with Crippen molar-refractivity contribution in [1.82, 2.24) is 9.97 Å². The van der Waals surface area contributed by atoms with Crippen LogP contribution in [0, 0.1) is 0 Å². The molecule has 0 aliphatic heterocycles. The third-order valence-electron chi connectivity index (χ3n) is 3.79. The minimum absolute atomic E-state index is 0.116. The number of nitrogens with one attached hydrogen (secondary N) is 1. The number of nitrogens with zero attached hydrogens (tertiary/aromatic N) is 2. The Hall–Kier alpha value is -2.35. The molecule has 1 amide bonds. The van der Waals surface area contributed by atoms with Crippen molar-refractivity contribution >= 4 is 49.6 Å². The molecule has 0 radical (unpaired) electrons. The number of hydrogen-bond acceptors (Lipinski definition) is 5. The SMILES string of the molecule is O=C(Cc1csc(-c2ccccc2)n1)Nc1nc(-c2cccc(Br)c2)cs1. The molecule has 7 heteroatoms. The molecule has 27 heavy (non-hydrogen) atoms. The zero-order chi connectivity index (χ0) is 18.6. The molecular formula is C20H14BrN3OS2. The van der Waals surface area contributed by atoms with Gasteiger partial charge in [-0.05, 0) is 12.1 Å². The first kappa shape index (κ1) is 18.0. The Morgan fingerprint density at radius 1 is 0.963 bits per heavy atom. The molecule has 0 unspecified atom stereocenters. The van der Waals surface area contributed by atoms with Crippen LogP contribution in [0.25, 0.3) is 21.8 Å². The van der Waals surface area contributed by atoms with Crippen molar-refractivity contribution in [2.75, 3.05) is 5.32 Å². The summed E-state index contributed by atoms with van der Waals surface area (Å²) in [6.45, 7) is 0. The van der Waals surface area contributed by atoms with Gasteiger partial charge in [0.15, 0.2) is 5.13 Å². The van der Waals surface area contributed by atoms with Crippen molar-refractivity contribution < 1.29 is 4.79 Å². The van der Waals surface area contributed by atoms with E-state index in [2.05, 4.69) is 31.2 Å². The second kappa shape index (κ2) is 8.12. The lowest BCUT2D eigenvalue weighted by Gasteiger charge is -2.00. The van der Waals surface area contributed by atoms with Crippen LogP contribution in [-0.4, -0.2) is 15.9 Å². The number of amides is 1. The predicted molar refractivity (Wildman–Crippen MR) is 115 cm³/mol. The van der Waals surface area contributed by atoms with Gasteiger partial charge in [0.1, 0.15) is 5.01 Å². The van der Waals surface area contributed by atoms with Crippen LogP contribution < -0.4 is 5.32 Å². The Labute approximate surface area is 173 Å². The first-order valence-electron chi connectivity index (χ1n) is 8.18. The fraction of sp³-hybridized carbons (Fsp3) is 0.0500. The van der Waals surface area contributed by atoms with Gasteiger partial charge in [0.05, 0.1) is 17.8 Å². The zero-order valence-electron chi connectivity index (χ0n) is 14.1. The molecule has 0 bridgehead atoms. The smallest absolute Gasteiger partial charge is 0.232 e. The van der Waals surface area contributed by atoms with Crippen molar-refractivity contribution in [3.8, 4) is 21.8 Å². The van der Waals surface area contributed by atoms with Crippen molar-refractivity contribution in [2.24, 2.45) is 0 Å². The number of carbonyl (C=O) groups excluding carboxylic acids is 1. The largest absolute Gasteiger partial charge is 0.302 e. The Balaban J connectivity index is 1.41. The molecule has 0 saturated heterocycles. The molecule has 0 spiro atoms. The summed E-state index contributed by atoms with van der Waals surface area (Å²) in [6, 6.07) is 17.9. The van der Waals surface area contributed by atoms with E-state index in [0.717, 1.165) is 32.0 Å². The average Bonchev–Trinajstić information content (AvgIpc) is 3.32. The van der Waals surface area contributed by atoms with Gasteiger partial charge >= 0.3 is 0 Å². The molecule has 4 aromatic rings. The molecule has 4 nitrogen and oxygen atoms in total. The summed E-state index contributed by atoms with van der Waals surface area (Å²) in [4.78, 5) is 21.4. The van der Waals surface area contributed by atoms with Crippen molar-refractivity contribution in [3.63, 3.8) is 0 Å². The monoisotopic (exact) mass is 455 g/mol. The molecule has 1 N–H and O–H groups in total. The van der Waals surface area contributed by atoms with Crippen LogP contribution in [0.1, 0.15) is 5.69 Å². The second-order valence-electron chi connectivity index (χ2n) is 5.78. The van der Waals surface area contributed by atoms with Crippen LogP contribution in [0.5, 0.6) is 0 Å². The Morgan fingerprint density at radius 2 is 1.78 bits per heavy atom. The molecule has 2 heterocycles. The molecule has 134 valence electrons. The van der Waals surface area contributed by atoms with Crippen molar-refractivity contribution in [1.29, 1.82) is 0 Å². The zero-order valence-corrected chi connectivity index (χ0v) is 17.3. The quantitative estimate of drug-likeness (QED) is 0.408. The summed E-state index contributed by atoms with van der Waals surface area (Å²) in [7, 11) is 0. The maximum absolute atomic E-state index is 12.3. The Kier molecular flexibility index (Phi) is 5.42. The third kappa shape index (κ3) is 4.50. The lowest BCUT2D eigenvalue weighted by molar-refractivity contribution is -0.115. The lowest BCUT2D eigenvalue weighted by atomic mass is 10.2. The fourth-order valence-corrected chi connectivity index (χ4v) is 4.50. The van der Waals surface area contributed by atoms with Gasteiger partial charge in [-0.15, -0.1) is 22.7 Å². The molecule has 0 atom stereocenters. The van der Waals surface area contributed by atoms with E-state index in [0.29, 0.717) is 5.13 Å². The summed E-state index contributed by atoms with van der Waals surface area (Å²) in [5.41, 5.74) is 3.68. The molecule has 0 aliphatic carbocycles. The van der Waals surface area contributed by atoms with Gasteiger partial charge in [0, 0.05) is 26.4 Å². The number of aromatic nitrogens is 2. The van der Waals surface area contributed by atoms with Gasteiger partial charge in [0.2, 0.25) is 5.91 Å². The topological polar surface area (TPSA) is 54.9 Å². The number of rotatable bonds is 5. The van der Waals surface area contributed by atoms with Gasteiger partial charge in [-0.25, -0.2) is 9.97 Å². The maximum atomic E-state index is 12.3. The summed E-state index contributed by atoms with van der Waals surface area (Å²) >= 11 is 6.42. The first-order chi connectivity index (χ1) is 13.2. The summed E-state index contributed by atoms with van der Waals surface area (Å²) in [6.07, 6.45) is 0.231. The number of carbonyl (C=O) groups is 1. The van der Waals surface area contributed by atoms with Crippen molar-refractivity contribution in [2.45, 2.75) is 6.42 Å². The molecule has 0 aliphatic rings. The number of halogens is 1. The highest BCUT2D eigenvalue weighted by Gasteiger charge is 2.12. The lowest BCUT2D eigenvalue weighted by Crippen LogP contribution is -2.14. The number of thiazole rings is 2. The number of hydrogen-bond donors (Lipinski definition) is 1. The molecular weight excluding hydrogens is 442 g/mol. The number of benzene rings is 2. The first-order valence-corrected chi connectivity index (χ1v) is 10.7. The average molecular weight is 456 g/mol. The van der Waals surface area contributed by atoms with Gasteiger partial charge in [0.25, 0.3) is 0 Å². The third-order valence-corrected chi connectivity index (χ3v) is 5.98. The van der Waals surface area contributed by atoms with E-state index >= 15 is 0 Å². The van der Waals surface area contributed by atoms with Crippen LogP contribution in [0.4, 0.5) is 5.13 Å². The van der Waals surface area contributed by atoms with Gasteiger partial charge < -0.3 is 5.32 Å². The minimum atomic E-state index is -0.116. The fourth-order valence-electron chi connectivity index (χ4n) is 2.54. The van der Waals surface area contributed by atoms with Gasteiger partial charge in [-0.1, -0.05) is 58.4 Å². The molecule has 2 aromatic heterocycles. The predicted octanol–water partition coefficient (Wildman–Crippen LogP) is 5.88. The molecule has 0 fully saturated rings. The van der Waals surface area contributed by atoms with Crippen LogP contribution in [0.2, 0.25) is 0 Å². The van der Waals surface area contributed by atoms with Crippen LogP contribution in [0.15, 0.2) is 69.8 Å². The Bertz CT molecular complexity index is 1080. The molecule has 2 aromatic carbocycles. The van der Waals surface area contributed by atoms with Gasteiger partial charge in [-0.3, -0.25) is 4.79 Å². The van der Waals surface area contributed by atoms with E-state index in [-0.39, 0.29) is 12.3 Å². The van der Waals surface area contributed by atoms with E-state index in [1.165, 1.54) is 11.3 Å². The highest BCUT2D eigenvalue weighted by atomic mass is 79.9. The normalized spacial score (nSPS) is 10.7. The second-order valence-corrected chi connectivity index (χ2v) is 8.42. The van der Waals surface area contributed by atoms with E-state index in [4.69, 9.17) is 0 Å². The van der Waals surface area contributed by atoms with Crippen molar-refractivity contribution in [3.05, 3.63) is 75.5 Å². The number of anilines is 1. The Morgan fingerprint density at radius 3 is 2.59 bits per heavy atom. The molecule has 0 saturated carbocycles. The van der Waals surface area contributed by atoms with E-state index in [9.17, 15) is 4.79 Å². The maximum Gasteiger partial charge on any atom is 0.232 e. The summed E-state index contributed by atoms with van der Waals surface area (Å²) in [5.74, 6) is -0.116. The highest BCUT2D eigenvalue weighted by molar-refractivity contribution is 9.10. The summed E-state index contributed by atoms with van der Waals surface area (Å²) in [5, 5.41) is 8.24. The standard InChI is InChI=1S/C20H14BrN3OS2/c21-15-8-4-7-14(9-15)17-12-27-20(23-17)24-18(25)10-16-11-26-19(22-16)13-5-2-1-3-6-13/h1-9,11-12H,10H2,(H,23,24,25). The van der Waals surface area contributed by atoms with Crippen LogP contribution >= 0.6 is 38.6 Å². The van der Waals surface area contributed by atoms with Crippen LogP contribution in [-0.2, 0) is 11.2 Å². The van der Waals surface area contributed by atoms with E-state index in [1.807, 2.05) is 65.4 Å². The minimum Gasteiger partial charge on any atom is -0.302 e. The summed E-state index contributed by atoms with van der Waals surface area (Å²) < 4.78 is 0.997. The van der Waals surface area contributed by atoms with E-state index in [1.54, 1.807) is 11.3 Å². The van der Waals surface area contributed by atoms with Crippen LogP contribution in [0.3, 0.4) is 0 Å². The van der Waals surface area contributed by atoms with Gasteiger partial charge in [-0.2, -0.15) is 0 Å². The molecule has 4 rings (SSSR count).